The Morgan fingerprint density at radius 2 is 2.04 bits per heavy atom. The van der Waals surface area contributed by atoms with Gasteiger partial charge < -0.3 is 0 Å². The smallest absolute Gasteiger partial charge is 0.199 e. The maximum Gasteiger partial charge on any atom is 0.199 e. The van der Waals surface area contributed by atoms with Crippen LogP contribution in [0.2, 0.25) is 5.02 Å². The SMILES string of the molecule is O=C(/C=C/c1cccc(Br)c1)C1N=Nc2ccc(Cl)cc2C1=O. The van der Waals surface area contributed by atoms with Crippen LogP contribution in [-0.4, -0.2) is 17.6 Å². The average molecular weight is 390 g/mol. The van der Waals surface area contributed by atoms with Gasteiger partial charge >= 0.3 is 0 Å². The van der Waals surface area contributed by atoms with Crippen molar-refractivity contribution in [3.05, 3.63) is 69.2 Å². The normalized spacial score (nSPS) is 16.6. The Balaban J connectivity index is 1.83. The second-order valence-corrected chi connectivity index (χ2v) is 6.29. The van der Waals surface area contributed by atoms with Gasteiger partial charge in [0.2, 0.25) is 0 Å². The zero-order valence-corrected chi connectivity index (χ0v) is 14.1. The number of halogens is 2. The lowest BCUT2D eigenvalue weighted by atomic mass is 9.98. The summed E-state index contributed by atoms with van der Waals surface area (Å²) in [7, 11) is 0. The monoisotopic (exact) mass is 388 g/mol. The van der Waals surface area contributed by atoms with E-state index in [0.717, 1.165) is 10.0 Å². The van der Waals surface area contributed by atoms with Crippen LogP contribution in [-0.2, 0) is 4.79 Å². The summed E-state index contributed by atoms with van der Waals surface area (Å²) in [6.07, 6.45) is 2.99. The molecule has 1 heterocycles. The first-order valence-corrected chi connectivity index (χ1v) is 7.94. The number of fused-ring (bicyclic) bond motifs is 1. The van der Waals surface area contributed by atoms with E-state index >= 15 is 0 Å². The first kappa shape index (κ1) is 15.8. The molecule has 1 unspecified atom stereocenters. The van der Waals surface area contributed by atoms with Crippen LogP contribution in [0.25, 0.3) is 6.08 Å². The molecule has 0 aliphatic carbocycles. The lowest BCUT2D eigenvalue weighted by molar-refractivity contribution is -0.114. The molecule has 1 atom stereocenters. The van der Waals surface area contributed by atoms with Crippen LogP contribution >= 0.6 is 27.5 Å². The van der Waals surface area contributed by atoms with E-state index in [0.29, 0.717) is 16.3 Å². The minimum Gasteiger partial charge on any atom is -0.292 e. The molecule has 0 aromatic heterocycles. The Morgan fingerprint density at radius 1 is 1.22 bits per heavy atom. The van der Waals surface area contributed by atoms with Crippen molar-refractivity contribution in [1.82, 2.24) is 0 Å². The van der Waals surface area contributed by atoms with E-state index in [4.69, 9.17) is 11.6 Å². The lowest BCUT2D eigenvalue weighted by Crippen LogP contribution is -2.28. The van der Waals surface area contributed by atoms with Crippen molar-refractivity contribution in [2.24, 2.45) is 10.2 Å². The van der Waals surface area contributed by atoms with Gasteiger partial charge in [-0.05, 0) is 42.0 Å². The van der Waals surface area contributed by atoms with E-state index in [1.807, 2.05) is 24.3 Å². The van der Waals surface area contributed by atoms with Crippen molar-refractivity contribution in [2.45, 2.75) is 6.04 Å². The van der Waals surface area contributed by atoms with Crippen LogP contribution in [0, 0.1) is 0 Å². The molecule has 1 aliphatic heterocycles. The van der Waals surface area contributed by atoms with Crippen LogP contribution in [0.15, 0.2) is 63.2 Å². The fraction of sp³-hybridized carbons (Fsp3) is 0.0588. The van der Waals surface area contributed by atoms with Gasteiger partial charge in [-0.25, -0.2) is 0 Å². The first-order valence-electron chi connectivity index (χ1n) is 6.77. The highest BCUT2D eigenvalue weighted by Gasteiger charge is 2.31. The molecule has 23 heavy (non-hydrogen) atoms. The van der Waals surface area contributed by atoms with Gasteiger partial charge in [-0.1, -0.05) is 45.7 Å². The Kier molecular flexibility index (Phi) is 4.50. The van der Waals surface area contributed by atoms with E-state index < -0.39 is 11.8 Å². The quantitative estimate of drug-likeness (QED) is 0.546. The van der Waals surface area contributed by atoms with E-state index in [9.17, 15) is 9.59 Å². The van der Waals surface area contributed by atoms with Crippen LogP contribution in [0.1, 0.15) is 15.9 Å². The fourth-order valence-electron chi connectivity index (χ4n) is 2.18. The van der Waals surface area contributed by atoms with Gasteiger partial charge in [0.15, 0.2) is 17.6 Å². The van der Waals surface area contributed by atoms with Gasteiger partial charge in [-0.2, -0.15) is 10.2 Å². The molecule has 0 radical (unpaired) electrons. The van der Waals surface area contributed by atoms with Crippen molar-refractivity contribution < 1.29 is 9.59 Å². The number of carbonyl (C=O) groups excluding carboxylic acids is 2. The number of azo groups is 1. The summed E-state index contributed by atoms with van der Waals surface area (Å²) < 4.78 is 0.907. The van der Waals surface area contributed by atoms with E-state index in [2.05, 4.69) is 26.2 Å². The van der Waals surface area contributed by atoms with Gasteiger partial charge in [0.25, 0.3) is 0 Å². The van der Waals surface area contributed by atoms with E-state index in [-0.39, 0.29) is 5.78 Å². The topological polar surface area (TPSA) is 58.9 Å². The van der Waals surface area contributed by atoms with Crippen LogP contribution in [0.3, 0.4) is 0 Å². The molecule has 0 N–H and O–H groups in total. The minimum atomic E-state index is -1.15. The number of nitrogens with zero attached hydrogens (tertiary/aromatic N) is 2. The predicted octanol–water partition coefficient (Wildman–Crippen LogP) is 5.03. The maximum atomic E-state index is 12.4. The van der Waals surface area contributed by atoms with Crippen LogP contribution < -0.4 is 0 Å². The maximum absolute atomic E-state index is 12.4. The second kappa shape index (κ2) is 6.56. The lowest BCUT2D eigenvalue weighted by Gasteiger charge is -2.14. The van der Waals surface area contributed by atoms with Crippen LogP contribution in [0.5, 0.6) is 0 Å². The van der Waals surface area contributed by atoms with Crippen molar-refractivity contribution in [3.8, 4) is 0 Å². The number of hydrogen-bond acceptors (Lipinski definition) is 4. The number of Topliss-reactive ketones (excluding diaryl/α,β-unsaturated/α-hetero) is 1. The predicted molar refractivity (Wildman–Crippen MR) is 92.3 cm³/mol. The summed E-state index contributed by atoms with van der Waals surface area (Å²) in [5.74, 6) is -0.800. The van der Waals surface area contributed by atoms with Crippen molar-refractivity contribution >= 4 is 50.9 Å². The number of benzene rings is 2. The molecule has 0 saturated carbocycles. The highest BCUT2D eigenvalue weighted by Crippen LogP contribution is 2.29. The average Bonchev–Trinajstić information content (AvgIpc) is 2.53. The molecule has 6 heteroatoms. The van der Waals surface area contributed by atoms with Gasteiger partial charge in [0.05, 0.1) is 5.69 Å². The van der Waals surface area contributed by atoms with Gasteiger partial charge in [0.1, 0.15) is 0 Å². The largest absolute Gasteiger partial charge is 0.292 e. The van der Waals surface area contributed by atoms with Crippen molar-refractivity contribution in [2.75, 3.05) is 0 Å². The van der Waals surface area contributed by atoms with Gasteiger partial charge in [0, 0.05) is 15.1 Å². The molecule has 0 bridgehead atoms. The Hall–Kier alpha value is -2.11. The van der Waals surface area contributed by atoms with E-state index in [1.54, 1.807) is 18.2 Å². The zero-order chi connectivity index (χ0) is 16.4. The standard InChI is InChI=1S/C17H10BrClN2O2/c18-11-3-1-2-10(8-11)4-7-15(22)16-17(23)13-9-12(19)5-6-14(13)20-21-16/h1-9,16H/b7-4+. The number of rotatable bonds is 3. The third-order valence-corrected chi connectivity index (χ3v) is 4.04. The zero-order valence-electron chi connectivity index (χ0n) is 11.7. The summed E-state index contributed by atoms with van der Waals surface area (Å²) in [6.45, 7) is 0. The Morgan fingerprint density at radius 3 is 2.83 bits per heavy atom. The molecule has 2 aromatic carbocycles. The van der Waals surface area contributed by atoms with Gasteiger partial charge in [-0.15, -0.1) is 0 Å². The number of ketones is 2. The Bertz CT molecular complexity index is 861. The molecule has 1 aliphatic rings. The summed E-state index contributed by atoms with van der Waals surface area (Å²) in [5, 5.41) is 8.19. The second-order valence-electron chi connectivity index (χ2n) is 4.93. The first-order chi connectivity index (χ1) is 11.0. The summed E-state index contributed by atoms with van der Waals surface area (Å²) in [6, 6.07) is 11.1. The van der Waals surface area contributed by atoms with Crippen molar-refractivity contribution in [1.29, 1.82) is 0 Å². The molecule has 4 nitrogen and oxygen atoms in total. The molecule has 2 aromatic rings. The van der Waals surface area contributed by atoms with Crippen LogP contribution in [0.4, 0.5) is 5.69 Å². The van der Waals surface area contributed by atoms with E-state index in [1.165, 1.54) is 12.1 Å². The minimum absolute atomic E-state index is 0.321. The van der Waals surface area contributed by atoms with Gasteiger partial charge in [-0.3, -0.25) is 9.59 Å². The number of hydrogen-bond donors (Lipinski definition) is 0. The highest BCUT2D eigenvalue weighted by atomic mass is 79.9. The summed E-state index contributed by atoms with van der Waals surface area (Å²) >= 11 is 9.26. The molecule has 114 valence electrons. The third-order valence-electron chi connectivity index (χ3n) is 3.31. The molecule has 0 amide bonds. The fourth-order valence-corrected chi connectivity index (χ4v) is 2.77. The molecule has 0 spiro atoms. The summed E-state index contributed by atoms with van der Waals surface area (Å²) in [5.41, 5.74) is 1.59. The molecule has 0 saturated heterocycles. The molecular formula is C17H10BrClN2O2. The van der Waals surface area contributed by atoms with Crippen molar-refractivity contribution in [3.63, 3.8) is 0 Å². The molecule has 3 rings (SSSR count). The number of carbonyl (C=O) groups is 2. The highest BCUT2D eigenvalue weighted by molar-refractivity contribution is 9.10. The third kappa shape index (κ3) is 3.46. The Labute approximate surface area is 146 Å². The molecule has 0 fully saturated rings. The molecular weight excluding hydrogens is 380 g/mol. The summed E-state index contributed by atoms with van der Waals surface area (Å²) in [4.78, 5) is 24.7.